The van der Waals surface area contributed by atoms with Gasteiger partial charge >= 0.3 is 11.9 Å². The number of ether oxygens (including phenoxy) is 1. The van der Waals surface area contributed by atoms with E-state index in [0.29, 0.717) is 17.9 Å². The first-order valence-corrected chi connectivity index (χ1v) is 11.9. The third-order valence-electron chi connectivity index (χ3n) is 6.00. The lowest BCUT2D eigenvalue weighted by atomic mass is 9.93. The predicted molar refractivity (Wildman–Crippen MR) is 122 cm³/mol. The number of carbonyl (C=O) groups excluding carboxylic acids is 2. The number of hydrogen-bond donors (Lipinski definition) is 3. The van der Waals surface area contributed by atoms with Crippen molar-refractivity contribution in [3.63, 3.8) is 0 Å². The molecule has 2 heterocycles. The molecule has 4 atom stereocenters. The van der Waals surface area contributed by atoms with Crippen molar-refractivity contribution in [1.82, 2.24) is 10.2 Å². The van der Waals surface area contributed by atoms with E-state index < -0.39 is 51.9 Å². The number of aliphatic carboxylic acids is 2. The maximum atomic E-state index is 12.5. The standard InChI is InChI=1S/C23H30N2O7S/c1-4-5-12-32-14-8-6-13(7-9-14)15(21(28)29)10-11-16(26)24-17-19(27)25-18(22(30)31)23(2,3)33-20(17)25/h6-9,15,17-18,20H,4-5,10-12H2,1-3H3,(H,24,26)(H,28,29)(H,30,31)/t15-,17+,18+,20+/m1/s1. The molecule has 0 unspecified atom stereocenters. The highest BCUT2D eigenvalue weighted by molar-refractivity contribution is 8.01. The smallest absolute Gasteiger partial charge is 0.327 e. The largest absolute Gasteiger partial charge is 0.494 e. The molecule has 1 aromatic carbocycles. The zero-order valence-electron chi connectivity index (χ0n) is 18.9. The van der Waals surface area contributed by atoms with Gasteiger partial charge in [0.2, 0.25) is 11.8 Å². The number of fused-ring (bicyclic) bond motifs is 1. The molecule has 0 bridgehead atoms. The summed E-state index contributed by atoms with van der Waals surface area (Å²) in [6.45, 7) is 6.19. The SMILES string of the molecule is CCCCOc1ccc([C@@H](CCC(=O)N[C@H]2C(=O)N3[C@@H](C(=O)O)C(C)(C)S[C@@H]23)C(=O)O)cc1. The Balaban J connectivity index is 1.55. The van der Waals surface area contributed by atoms with Crippen LogP contribution in [0.2, 0.25) is 0 Å². The number of nitrogens with zero attached hydrogens (tertiary/aromatic N) is 1. The van der Waals surface area contributed by atoms with E-state index >= 15 is 0 Å². The van der Waals surface area contributed by atoms with Gasteiger partial charge in [0.25, 0.3) is 0 Å². The van der Waals surface area contributed by atoms with Crippen LogP contribution in [-0.4, -0.2) is 67.7 Å². The fourth-order valence-corrected chi connectivity index (χ4v) is 5.86. The predicted octanol–water partition coefficient (Wildman–Crippen LogP) is 2.45. The molecule has 2 amide bonds. The molecule has 1 aromatic rings. The van der Waals surface area contributed by atoms with Crippen molar-refractivity contribution in [2.75, 3.05) is 6.61 Å². The van der Waals surface area contributed by atoms with Crippen LogP contribution in [0.25, 0.3) is 0 Å². The molecule has 2 fully saturated rings. The minimum absolute atomic E-state index is 0.0708. The van der Waals surface area contributed by atoms with Gasteiger partial charge in [-0.25, -0.2) is 4.79 Å². The molecule has 33 heavy (non-hydrogen) atoms. The molecule has 0 aliphatic carbocycles. The van der Waals surface area contributed by atoms with Crippen LogP contribution in [0, 0.1) is 0 Å². The van der Waals surface area contributed by atoms with E-state index in [1.54, 1.807) is 38.1 Å². The second-order valence-electron chi connectivity index (χ2n) is 8.84. The van der Waals surface area contributed by atoms with Crippen LogP contribution in [0.4, 0.5) is 0 Å². The minimum atomic E-state index is -1.07. The Kier molecular flexibility index (Phi) is 7.56. The lowest BCUT2D eigenvalue weighted by Gasteiger charge is -2.43. The molecule has 3 rings (SSSR count). The Bertz CT molecular complexity index is 918. The summed E-state index contributed by atoms with van der Waals surface area (Å²) in [6.07, 6.45) is 1.95. The number of carbonyl (C=O) groups is 4. The van der Waals surface area contributed by atoms with Crippen LogP contribution in [0.5, 0.6) is 5.75 Å². The minimum Gasteiger partial charge on any atom is -0.494 e. The summed E-state index contributed by atoms with van der Waals surface area (Å²) in [6, 6.07) is 5.08. The van der Waals surface area contributed by atoms with E-state index in [1.807, 2.05) is 0 Å². The van der Waals surface area contributed by atoms with Gasteiger partial charge in [0.05, 0.1) is 12.5 Å². The summed E-state index contributed by atoms with van der Waals surface area (Å²) >= 11 is 1.35. The maximum Gasteiger partial charge on any atom is 0.327 e. The lowest BCUT2D eigenvalue weighted by Crippen LogP contribution is -2.70. The van der Waals surface area contributed by atoms with Crippen molar-refractivity contribution in [3.05, 3.63) is 29.8 Å². The molecule has 0 spiro atoms. The van der Waals surface area contributed by atoms with Crippen LogP contribution in [0.1, 0.15) is 57.9 Å². The molecule has 180 valence electrons. The van der Waals surface area contributed by atoms with Crippen molar-refractivity contribution in [1.29, 1.82) is 0 Å². The van der Waals surface area contributed by atoms with Gasteiger partial charge in [-0.3, -0.25) is 14.4 Å². The van der Waals surface area contributed by atoms with Crippen LogP contribution < -0.4 is 10.1 Å². The molecule has 10 heteroatoms. The van der Waals surface area contributed by atoms with Crippen molar-refractivity contribution >= 4 is 35.5 Å². The maximum absolute atomic E-state index is 12.5. The van der Waals surface area contributed by atoms with E-state index in [1.165, 1.54) is 16.7 Å². The summed E-state index contributed by atoms with van der Waals surface area (Å²) in [5.74, 6) is -3.17. The zero-order valence-corrected chi connectivity index (χ0v) is 19.8. The lowest BCUT2D eigenvalue weighted by molar-refractivity contribution is -0.161. The summed E-state index contributed by atoms with van der Waals surface area (Å²) < 4.78 is 4.92. The van der Waals surface area contributed by atoms with Gasteiger partial charge in [-0.1, -0.05) is 25.5 Å². The van der Waals surface area contributed by atoms with Crippen molar-refractivity contribution < 1.29 is 34.1 Å². The highest BCUT2D eigenvalue weighted by Gasteiger charge is 2.64. The fourth-order valence-electron chi connectivity index (χ4n) is 4.23. The Morgan fingerprint density at radius 3 is 2.45 bits per heavy atom. The van der Waals surface area contributed by atoms with Gasteiger partial charge < -0.3 is 25.2 Å². The summed E-state index contributed by atoms with van der Waals surface area (Å²) in [5, 5.41) is 21.3. The van der Waals surface area contributed by atoms with Gasteiger partial charge in [-0.15, -0.1) is 11.8 Å². The molecule has 2 aliphatic rings. The van der Waals surface area contributed by atoms with E-state index in [-0.39, 0.29) is 12.8 Å². The molecular formula is C23H30N2O7S. The number of nitrogens with one attached hydrogen (secondary N) is 1. The van der Waals surface area contributed by atoms with E-state index in [4.69, 9.17) is 4.74 Å². The quantitative estimate of drug-likeness (QED) is 0.326. The number of benzene rings is 1. The van der Waals surface area contributed by atoms with Crippen LogP contribution in [0.15, 0.2) is 24.3 Å². The molecule has 3 N–H and O–H groups in total. The first kappa shape index (κ1) is 24.9. The third kappa shape index (κ3) is 5.26. The molecule has 0 aromatic heterocycles. The van der Waals surface area contributed by atoms with Crippen molar-refractivity contribution in [2.45, 2.75) is 74.6 Å². The number of carboxylic acids is 2. The normalized spacial score (nSPS) is 23.9. The number of rotatable bonds is 11. The number of β-lactam (4-membered cyclic amide) rings is 1. The highest BCUT2D eigenvalue weighted by atomic mass is 32.2. The molecular weight excluding hydrogens is 448 g/mol. The molecule has 2 saturated heterocycles. The second-order valence-corrected chi connectivity index (χ2v) is 10.6. The Morgan fingerprint density at radius 2 is 1.88 bits per heavy atom. The van der Waals surface area contributed by atoms with E-state index in [2.05, 4.69) is 12.2 Å². The molecule has 0 saturated carbocycles. The van der Waals surface area contributed by atoms with Crippen LogP contribution >= 0.6 is 11.8 Å². The van der Waals surface area contributed by atoms with Crippen molar-refractivity contribution in [2.24, 2.45) is 0 Å². The average Bonchev–Trinajstić information content (AvgIpc) is 3.01. The summed E-state index contributed by atoms with van der Waals surface area (Å²) in [7, 11) is 0. The van der Waals surface area contributed by atoms with Crippen molar-refractivity contribution in [3.8, 4) is 5.75 Å². The topological polar surface area (TPSA) is 133 Å². The van der Waals surface area contributed by atoms with Gasteiger partial charge in [-0.2, -0.15) is 0 Å². The van der Waals surface area contributed by atoms with Gasteiger partial charge in [0.1, 0.15) is 23.2 Å². The first-order valence-electron chi connectivity index (χ1n) is 11.0. The number of carboxylic acid groups (broad SMARTS) is 2. The molecule has 2 aliphatic heterocycles. The van der Waals surface area contributed by atoms with E-state index in [0.717, 1.165) is 12.8 Å². The van der Waals surface area contributed by atoms with Crippen LogP contribution in [0.3, 0.4) is 0 Å². The second kappa shape index (κ2) is 10.0. The Hall–Kier alpha value is -2.75. The number of thioether (sulfide) groups is 1. The van der Waals surface area contributed by atoms with Gasteiger partial charge in [-0.05, 0) is 44.4 Å². The van der Waals surface area contributed by atoms with E-state index in [9.17, 15) is 29.4 Å². The fraction of sp³-hybridized carbons (Fsp3) is 0.565. The average molecular weight is 479 g/mol. The van der Waals surface area contributed by atoms with Gasteiger partial charge in [0.15, 0.2) is 0 Å². The molecule has 9 nitrogen and oxygen atoms in total. The summed E-state index contributed by atoms with van der Waals surface area (Å²) in [5.41, 5.74) is 0.571. The zero-order chi connectivity index (χ0) is 24.3. The van der Waals surface area contributed by atoms with Crippen LogP contribution in [-0.2, 0) is 19.2 Å². The molecule has 0 radical (unpaired) electrons. The number of hydrogen-bond acceptors (Lipinski definition) is 6. The van der Waals surface area contributed by atoms with Gasteiger partial charge in [0, 0.05) is 11.2 Å². The highest BCUT2D eigenvalue weighted by Crippen LogP contribution is 2.50. The summed E-state index contributed by atoms with van der Waals surface area (Å²) in [4.78, 5) is 49.7. The number of unbranched alkanes of at least 4 members (excludes halogenated alkanes) is 1. The third-order valence-corrected chi connectivity index (χ3v) is 7.57. The Morgan fingerprint density at radius 1 is 1.21 bits per heavy atom. The Labute approximate surface area is 196 Å². The first-order chi connectivity index (χ1) is 15.6. The number of amides is 2. The monoisotopic (exact) mass is 478 g/mol.